The monoisotopic (exact) mass is 238 g/mol. The Bertz CT molecular complexity index is 366. The lowest BCUT2D eigenvalue weighted by molar-refractivity contribution is -0.0279. The Morgan fingerprint density at radius 3 is 2.94 bits per heavy atom. The Hall–Kier alpha value is -0.940. The lowest BCUT2D eigenvalue weighted by Gasteiger charge is -2.35. The summed E-state index contributed by atoms with van der Waals surface area (Å²) >= 11 is 0. The van der Waals surface area contributed by atoms with Gasteiger partial charge in [0.25, 0.3) is 0 Å². The minimum atomic E-state index is -0.909. The summed E-state index contributed by atoms with van der Waals surface area (Å²) in [6.45, 7) is 7.84. The highest BCUT2D eigenvalue weighted by Crippen LogP contribution is 2.32. The maximum absolute atomic E-state index is 10.8. The third kappa shape index (κ3) is 2.35. The highest BCUT2D eigenvalue weighted by atomic mass is 16.3. The summed E-state index contributed by atoms with van der Waals surface area (Å²) in [5.41, 5.74) is -0.909. The molecule has 0 spiro atoms. The minimum Gasteiger partial charge on any atom is -0.382 e. The van der Waals surface area contributed by atoms with Crippen molar-refractivity contribution in [2.45, 2.75) is 45.3 Å². The predicted molar refractivity (Wildman–Crippen MR) is 65.6 cm³/mol. The zero-order chi connectivity index (χ0) is 12.5. The van der Waals surface area contributed by atoms with Crippen LogP contribution in [0.25, 0.3) is 0 Å². The van der Waals surface area contributed by atoms with E-state index in [-0.39, 0.29) is 12.0 Å². The van der Waals surface area contributed by atoms with Crippen molar-refractivity contribution in [3.63, 3.8) is 0 Å². The highest BCUT2D eigenvalue weighted by Gasteiger charge is 2.38. The van der Waals surface area contributed by atoms with E-state index in [2.05, 4.69) is 15.4 Å². The van der Waals surface area contributed by atoms with Gasteiger partial charge in [-0.3, -0.25) is 0 Å². The SMILES string of the molecule is CC(C)n1ncnc1C(C)(O)C1CCCNC1. The third-order valence-corrected chi connectivity index (χ3v) is 3.61. The first-order valence-corrected chi connectivity index (χ1v) is 6.36. The number of hydrogen-bond acceptors (Lipinski definition) is 4. The number of hydrogen-bond donors (Lipinski definition) is 2. The van der Waals surface area contributed by atoms with Crippen LogP contribution >= 0.6 is 0 Å². The van der Waals surface area contributed by atoms with E-state index in [9.17, 15) is 5.11 Å². The smallest absolute Gasteiger partial charge is 0.159 e. The van der Waals surface area contributed by atoms with E-state index in [1.807, 2.05) is 25.5 Å². The lowest BCUT2D eigenvalue weighted by atomic mass is 9.83. The normalized spacial score (nSPS) is 24.9. The van der Waals surface area contributed by atoms with E-state index < -0.39 is 5.60 Å². The molecular weight excluding hydrogens is 216 g/mol. The molecule has 1 aliphatic rings. The first-order chi connectivity index (χ1) is 8.03. The van der Waals surface area contributed by atoms with Crippen LogP contribution < -0.4 is 5.32 Å². The Morgan fingerprint density at radius 1 is 1.59 bits per heavy atom. The summed E-state index contributed by atoms with van der Waals surface area (Å²) in [4.78, 5) is 4.26. The fourth-order valence-corrected chi connectivity index (χ4v) is 2.50. The second-order valence-electron chi connectivity index (χ2n) is 5.31. The van der Waals surface area contributed by atoms with Crippen LogP contribution in [-0.4, -0.2) is 33.0 Å². The molecule has 2 unspecified atom stereocenters. The van der Waals surface area contributed by atoms with Crippen molar-refractivity contribution in [1.82, 2.24) is 20.1 Å². The van der Waals surface area contributed by atoms with Gasteiger partial charge in [-0.1, -0.05) is 0 Å². The average molecular weight is 238 g/mol. The summed E-state index contributed by atoms with van der Waals surface area (Å²) < 4.78 is 1.81. The van der Waals surface area contributed by atoms with Crippen molar-refractivity contribution < 1.29 is 5.11 Å². The largest absolute Gasteiger partial charge is 0.382 e. The summed E-state index contributed by atoms with van der Waals surface area (Å²) in [7, 11) is 0. The van der Waals surface area contributed by atoms with E-state index in [4.69, 9.17) is 0 Å². The molecule has 1 aliphatic heterocycles. The van der Waals surface area contributed by atoms with Gasteiger partial charge in [0.2, 0.25) is 0 Å². The van der Waals surface area contributed by atoms with Crippen molar-refractivity contribution >= 4 is 0 Å². The molecule has 5 nitrogen and oxygen atoms in total. The van der Waals surface area contributed by atoms with Crippen molar-refractivity contribution in [2.75, 3.05) is 13.1 Å². The van der Waals surface area contributed by atoms with Gasteiger partial charge in [0.1, 0.15) is 11.9 Å². The maximum Gasteiger partial charge on any atom is 0.159 e. The molecule has 2 N–H and O–H groups in total. The van der Waals surface area contributed by atoms with Crippen molar-refractivity contribution in [3.8, 4) is 0 Å². The first kappa shape index (κ1) is 12.5. The summed E-state index contributed by atoms with van der Waals surface area (Å²) in [6, 6.07) is 0.218. The molecule has 96 valence electrons. The minimum absolute atomic E-state index is 0.206. The predicted octanol–water partition coefficient (Wildman–Crippen LogP) is 1.07. The van der Waals surface area contributed by atoms with Crippen LogP contribution in [0.15, 0.2) is 6.33 Å². The van der Waals surface area contributed by atoms with E-state index in [1.54, 1.807) is 0 Å². The first-order valence-electron chi connectivity index (χ1n) is 6.36. The van der Waals surface area contributed by atoms with Gasteiger partial charge in [0.15, 0.2) is 5.82 Å². The van der Waals surface area contributed by atoms with Crippen LogP contribution in [0.5, 0.6) is 0 Å². The van der Waals surface area contributed by atoms with Crippen molar-refractivity contribution in [3.05, 3.63) is 12.2 Å². The molecule has 1 saturated heterocycles. The molecule has 1 fully saturated rings. The summed E-state index contributed by atoms with van der Waals surface area (Å²) in [5.74, 6) is 0.888. The maximum atomic E-state index is 10.8. The molecule has 1 aromatic heterocycles. The van der Waals surface area contributed by atoms with Crippen LogP contribution in [-0.2, 0) is 5.60 Å². The van der Waals surface area contributed by atoms with Crippen LogP contribution in [0.2, 0.25) is 0 Å². The summed E-state index contributed by atoms with van der Waals surface area (Å²) in [5, 5.41) is 18.3. The molecule has 2 rings (SSSR count). The van der Waals surface area contributed by atoms with Gasteiger partial charge in [-0.2, -0.15) is 5.10 Å². The highest BCUT2D eigenvalue weighted by molar-refractivity contribution is 5.04. The molecule has 0 radical (unpaired) electrons. The topological polar surface area (TPSA) is 63.0 Å². The second kappa shape index (κ2) is 4.74. The van der Waals surface area contributed by atoms with E-state index >= 15 is 0 Å². The quantitative estimate of drug-likeness (QED) is 0.826. The molecule has 0 amide bonds. The fraction of sp³-hybridized carbons (Fsp3) is 0.833. The Labute approximate surface area is 102 Å². The van der Waals surface area contributed by atoms with Crippen LogP contribution in [0.3, 0.4) is 0 Å². The molecular formula is C12H22N4O. The molecule has 2 atom stereocenters. The van der Waals surface area contributed by atoms with Gasteiger partial charge in [-0.05, 0) is 40.2 Å². The third-order valence-electron chi connectivity index (χ3n) is 3.61. The molecule has 0 bridgehead atoms. The second-order valence-corrected chi connectivity index (χ2v) is 5.31. The van der Waals surface area contributed by atoms with Crippen LogP contribution in [0.1, 0.15) is 45.5 Å². The van der Waals surface area contributed by atoms with Gasteiger partial charge in [-0.15, -0.1) is 0 Å². The molecule has 1 aromatic rings. The number of aromatic nitrogens is 3. The van der Waals surface area contributed by atoms with Crippen molar-refractivity contribution in [1.29, 1.82) is 0 Å². The number of rotatable bonds is 3. The van der Waals surface area contributed by atoms with Crippen LogP contribution in [0.4, 0.5) is 0 Å². The Balaban J connectivity index is 2.26. The standard InChI is InChI=1S/C12H22N4O/c1-9(2)16-11(14-8-15-16)12(3,17)10-5-4-6-13-7-10/h8-10,13,17H,4-7H2,1-3H3. The number of nitrogens with one attached hydrogen (secondary N) is 1. The fourth-order valence-electron chi connectivity index (χ4n) is 2.50. The average Bonchev–Trinajstić information content (AvgIpc) is 2.80. The Kier molecular flexibility index (Phi) is 3.49. The van der Waals surface area contributed by atoms with Crippen molar-refractivity contribution in [2.24, 2.45) is 5.92 Å². The molecule has 0 saturated carbocycles. The molecule has 2 heterocycles. The zero-order valence-corrected chi connectivity index (χ0v) is 10.8. The molecule has 0 aliphatic carbocycles. The number of piperidine rings is 1. The van der Waals surface area contributed by atoms with E-state index in [0.29, 0.717) is 5.82 Å². The van der Waals surface area contributed by atoms with Gasteiger partial charge in [0.05, 0.1) is 0 Å². The number of nitrogens with zero attached hydrogens (tertiary/aromatic N) is 3. The number of aliphatic hydroxyl groups is 1. The van der Waals surface area contributed by atoms with Gasteiger partial charge >= 0.3 is 0 Å². The summed E-state index contributed by atoms with van der Waals surface area (Å²) in [6.07, 6.45) is 3.67. The molecule has 5 heteroatoms. The zero-order valence-electron chi connectivity index (χ0n) is 10.8. The Morgan fingerprint density at radius 2 is 2.35 bits per heavy atom. The van der Waals surface area contributed by atoms with Gasteiger partial charge < -0.3 is 10.4 Å². The molecule has 17 heavy (non-hydrogen) atoms. The lowest BCUT2D eigenvalue weighted by Crippen LogP contribution is -2.44. The van der Waals surface area contributed by atoms with E-state index in [0.717, 1.165) is 25.9 Å². The van der Waals surface area contributed by atoms with E-state index in [1.165, 1.54) is 6.33 Å². The van der Waals surface area contributed by atoms with Gasteiger partial charge in [0, 0.05) is 18.5 Å². The molecule has 0 aromatic carbocycles. The van der Waals surface area contributed by atoms with Gasteiger partial charge in [-0.25, -0.2) is 9.67 Å². The van der Waals surface area contributed by atoms with Crippen LogP contribution in [0, 0.1) is 5.92 Å².